The van der Waals surface area contributed by atoms with Crippen molar-refractivity contribution in [1.29, 1.82) is 0 Å². The Labute approximate surface area is 113 Å². The average Bonchev–Trinajstić information content (AvgIpc) is 2.28. The van der Waals surface area contributed by atoms with Crippen LogP contribution in [0.1, 0.15) is 5.56 Å². The predicted octanol–water partition coefficient (Wildman–Crippen LogP) is 4.85. The summed E-state index contributed by atoms with van der Waals surface area (Å²) >= 11 is 9.07. The minimum atomic E-state index is -0.292. The van der Waals surface area contributed by atoms with Crippen LogP contribution in [0.2, 0.25) is 5.02 Å². The van der Waals surface area contributed by atoms with Gasteiger partial charge in [-0.25, -0.2) is 4.39 Å². The molecule has 2 aromatic rings. The molecule has 0 aromatic heterocycles. The van der Waals surface area contributed by atoms with Gasteiger partial charge in [-0.3, -0.25) is 0 Å². The normalized spacial score (nSPS) is 10.3. The predicted molar refractivity (Wildman–Crippen MR) is 72.9 cm³/mol. The standard InChI is InChI=1S/C13H10BrClFN/c14-10-2-1-3-12(6-10)17-8-9-4-5-11(15)7-13(9)16/h1-7,17H,8H2. The van der Waals surface area contributed by atoms with E-state index in [0.717, 1.165) is 10.2 Å². The Hall–Kier alpha value is -1.06. The van der Waals surface area contributed by atoms with E-state index in [1.165, 1.54) is 6.07 Å². The summed E-state index contributed by atoms with van der Waals surface area (Å²) in [7, 11) is 0. The summed E-state index contributed by atoms with van der Waals surface area (Å²) in [4.78, 5) is 0. The molecule has 0 aliphatic carbocycles. The van der Waals surface area contributed by atoms with Gasteiger partial charge in [-0.05, 0) is 30.3 Å². The highest BCUT2D eigenvalue weighted by molar-refractivity contribution is 9.10. The van der Waals surface area contributed by atoms with Crippen LogP contribution in [-0.2, 0) is 6.54 Å². The second kappa shape index (κ2) is 5.52. The monoisotopic (exact) mass is 313 g/mol. The van der Waals surface area contributed by atoms with Gasteiger partial charge < -0.3 is 5.32 Å². The van der Waals surface area contributed by atoms with E-state index in [2.05, 4.69) is 21.2 Å². The summed E-state index contributed by atoms with van der Waals surface area (Å²) in [5.41, 5.74) is 1.53. The van der Waals surface area contributed by atoms with Crippen LogP contribution in [0.15, 0.2) is 46.9 Å². The molecule has 0 unspecified atom stereocenters. The lowest BCUT2D eigenvalue weighted by molar-refractivity contribution is 0.613. The average molecular weight is 315 g/mol. The van der Waals surface area contributed by atoms with Crippen LogP contribution in [0.4, 0.5) is 10.1 Å². The summed E-state index contributed by atoms with van der Waals surface area (Å²) in [6.07, 6.45) is 0. The maximum atomic E-state index is 13.5. The van der Waals surface area contributed by atoms with Gasteiger partial charge in [0.1, 0.15) is 5.82 Å². The first kappa shape index (κ1) is 12.4. The summed E-state index contributed by atoms with van der Waals surface area (Å²) in [6.45, 7) is 0.430. The quantitative estimate of drug-likeness (QED) is 0.853. The molecule has 0 aliphatic rings. The molecule has 88 valence electrons. The van der Waals surface area contributed by atoms with Crippen molar-refractivity contribution in [2.24, 2.45) is 0 Å². The molecule has 17 heavy (non-hydrogen) atoms. The fourth-order valence-electron chi connectivity index (χ4n) is 1.46. The molecule has 1 N–H and O–H groups in total. The van der Waals surface area contributed by atoms with Crippen molar-refractivity contribution in [2.75, 3.05) is 5.32 Å². The van der Waals surface area contributed by atoms with Gasteiger partial charge in [0.2, 0.25) is 0 Å². The van der Waals surface area contributed by atoms with Crippen LogP contribution in [0.3, 0.4) is 0 Å². The summed E-state index contributed by atoms with van der Waals surface area (Å²) < 4.78 is 14.5. The van der Waals surface area contributed by atoms with E-state index in [-0.39, 0.29) is 5.82 Å². The van der Waals surface area contributed by atoms with E-state index in [4.69, 9.17) is 11.6 Å². The molecule has 0 atom stereocenters. The van der Waals surface area contributed by atoms with Crippen LogP contribution in [0, 0.1) is 5.82 Å². The first-order chi connectivity index (χ1) is 8.15. The second-order valence-corrected chi connectivity index (χ2v) is 4.95. The topological polar surface area (TPSA) is 12.0 Å². The molecule has 0 saturated heterocycles. The highest BCUT2D eigenvalue weighted by Crippen LogP contribution is 2.18. The summed E-state index contributed by atoms with van der Waals surface area (Å²) in [5, 5.41) is 3.56. The molecule has 0 radical (unpaired) electrons. The molecule has 0 aliphatic heterocycles. The number of hydrogen-bond donors (Lipinski definition) is 1. The van der Waals surface area contributed by atoms with Gasteiger partial charge in [-0.15, -0.1) is 0 Å². The van der Waals surface area contributed by atoms with Gasteiger partial charge in [-0.1, -0.05) is 39.7 Å². The van der Waals surface area contributed by atoms with E-state index in [1.54, 1.807) is 12.1 Å². The van der Waals surface area contributed by atoms with Gasteiger partial charge in [0.15, 0.2) is 0 Å². The number of benzene rings is 2. The molecule has 2 aromatic carbocycles. The van der Waals surface area contributed by atoms with Gasteiger partial charge in [-0.2, -0.15) is 0 Å². The van der Waals surface area contributed by atoms with Crippen LogP contribution in [0.25, 0.3) is 0 Å². The SMILES string of the molecule is Fc1cc(Cl)ccc1CNc1cccc(Br)c1. The molecule has 4 heteroatoms. The maximum Gasteiger partial charge on any atom is 0.129 e. The van der Waals surface area contributed by atoms with Crippen molar-refractivity contribution >= 4 is 33.2 Å². The highest BCUT2D eigenvalue weighted by atomic mass is 79.9. The number of nitrogens with one attached hydrogen (secondary N) is 1. The molecule has 0 fully saturated rings. The first-order valence-electron chi connectivity index (χ1n) is 5.08. The molecule has 0 amide bonds. The van der Waals surface area contributed by atoms with Crippen molar-refractivity contribution < 1.29 is 4.39 Å². The van der Waals surface area contributed by atoms with E-state index >= 15 is 0 Å². The first-order valence-corrected chi connectivity index (χ1v) is 6.25. The van der Waals surface area contributed by atoms with E-state index < -0.39 is 0 Å². The fourth-order valence-corrected chi connectivity index (χ4v) is 2.02. The molecule has 0 bridgehead atoms. The van der Waals surface area contributed by atoms with Crippen LogP contribution >= 0.6 is 27.5 Å². The lowest BCUT2D eigenvalue weighted by Crippen LogP contribution is -2.01. The molecular weight excluding hydrogens is 305 g/mol. The van der Waals surface area contributed by atoms with E-state index in [9.17, 15) is 4.39 Å². The Morgan fingerprint density at radius 1 is 1.18 bits per heavy atom. The van der Waals surface area contributed by atoms with Crippen molar-refractivity contribution in [3.05, 3.63) is 63.3 Å². The van der Waals surface area contributed by atoms with Gasteiger partial charge in [0.05, 0.1) is 0 Å². The Morgan fingerprint density at radius 2 is 2.00 bits per heavy atom. The van der Waals surface area contributed by atoms with Crippen molar-refractivity contribution in [2.45, 2.75) is 6.54 Å². The van der Waals surface area contributed by atoms with Gasteiger partial charge in [0.25, 0.3) is 0 Å². The Morgan fingerprint density at radius 3 is 2.71 bits per heavy atom. The minimum absolute atomic E-state index is 0.292. The largest absolute Gasteiger partial charge is 0.381 e. The summed E-state index contributed by atoms with van der Waals surface area (Å²) in [6, 6.07) is 12.4. The lowest BCUT2D eigenvalue weighted by atomic mass is 10.2. The van der Waals surface area contributed by atoms with E-state index in [1.807, 2.05) is 24.3 Å². The second-order valence-electron chi connectivity index (χ2n) is 3.60. The Kier molecular flexibility index (Phi) is 4.02. The van der Waals surface area contributed by atoms with Crippen molar-refractivity contribution in [1.82, 2.24) is 0 Å². The third kappa shape index (κ3) is 3.45. The number of anilines is 1. The van der Waals surface area contributed by atoms with Gasteiger partial charge >= 0.3 is 0 Å². The Balaban J connectivity index is 2.07. The minimum Gasteiger partial charge on any atom is -0.381 e. The third-order valence-corrected chi connectivity index (χ3v) is 3.05. The molecule has 1 nitrogen and oxygen atoms in total. The van der Waals surface area contributed by atoms with Crippen molar-refractivity contribution in [3.63, 3.8) is 0 Å². The van der Waals surface area contributed by atoms with Gasteiger partial charge in [0, 0.05) is 27.3 Å². The van der Waals surface area contributed by atoms with Crippen molar-refractivity contribution in [3.8, 4) is 0 Å². The lowest BCUT2D eigenvalue weighted by Gasteiger charge is -2.08. The number of rotatable bonds is 3. The van der Waals surface area contributed by atoms with Crippen LogP contribution in [-0.4, -0.2) is 0 Å². The molecular formula is C13H10BrClFN. The fraction of sp³-hybridized carbons (Fsp3) is 0.0769. The third-order valence-electron chi connectivity index (χ3n) is 2.32. The molecule has 0 spiro atoms. The molecule has 2 rings (SSSR count). The number of hydrogen-bond acceptors (Lipinski definition) is 1. The highest BCUT2D eigenvalue weighted by Gasteiger charge is 2.02. The molecule has 0 heterocycles. The van der Waals surface area contributed by atoms with E-state index in [0.29, 0.717) is 17.1 Å². The zero-order chi connectivity index (χ0) is 12.3. The smallest absolute Gasteiger partial charge is 0.129 e. The van der Waals surface area contributed by atoms with Crippen LogP contribution in [0.5, 0.6) is 0 Å². The summed E-state index contributed by atoms with van der Waals surface area (Å²) in [5.74, 6) is -0.292. The zero-order valence-electron chi connectivity index (χ0n) is 8.88. The van der Waals surface area contributed by atoms with Crippen LogP contribution < -0.4 is 5.32 Å². The maximum absolute atomic E-state index is 13.5. The Bertz CT molecular complexity index is 531. The number of halogens is 3. The molecule has 0 saturated carbocycles. The zero-order valence-corrected chi connectivity index (χ0v) is 11.2.